The van der Waals surface area contributed by atoms with Gasteiger partial charge in [0.1, 0.15) is 11.8 Å². The highest BCUT2D eigenvalue weighted by atomic mass is 32.2. The van der Waals surface area contributed by atoms with Crippen molar-refractivity contribution < 1.29 is 18.3 Å². The summed E-state index contributed by atoms with van der Waals surface area (Å²) in [5.41, 5.74) is -0.129. The Balaban J connectivity index is 2.00. The van der Waals surface area contributed by atoms with Gasteiger partial charge in [-0.15, -0.1) is 0 Å². The van der Waals surface area contributed by atoms with Gasteiger partial charge in [0.25, 0.3) is 0 Å². The summed E-state index contributed by atoms with van der Waals surface area (Å²) in [7, 11) is -1.64. The SMILES string of the molecule is COc1cc(C2(O)CC3CCCC(C2)S3(=O)=O)ccc1C#N. The fourth-order valence-electron chi connectivity index (χ4n) is 3.76. The smallest absolute Gasteiger partial charge is 0.156 e. The van der Waals surface area contributed by atoms with Crippen molar-refractivity contribution in [2.24, 2.45) is 0 Å². The van der Waals surface area contributed by atoms with Gasteiger partial charge in [-0.25, -0.2) is 8.42 Å². The molecule has 22 heavy (non-hydrogen) atoms. The van der Waals surface area contributed by atoms with Gasteiger partial charge in [0, 0.05) is 0 Å². The fourth-order valence-corrected chi connectivity index (χ4v) is 6.31. The quantitative estimate of drug-likeness (QED) is 0.898. The number of hydrogen-bond acceptors (Lipinski definition) is 5. The first-order chi connectivity index (χ1) is 10.4. The van der Waals surface area contributed by atoms with E-state index in [9.17, 15) is 13.5 Å². The second-order valence-corrected chi connectivity index (χ2v) is 8.74. The highest BCUT2D eigenvalue weighted by Gasteiger charge is 2.51. The standard InChI is InChI=1S/C16H19NO4S/c1-21-15-7-12(6-5-11(15)10-17)16(18)8-13-3-2-4-14(9-16)22(13,19)20/h5-7,13-14,18H,2-4,8-9H2,1H3. The topological polar surface area (TPSA) is 87.4 Å². The lowest BCUT2D eigenvalue weighted by atomic mass is 9.80. The minimum absolute atomic E-state index is 0.223. The molecular weight excluding hydrogens is 302 g/mol. The van der Waals surface area contributed by atoms with Gasteiger partial charge in [-0.1, -0.05) is 12.5 Å². The van der Waals surface area contributed by atoms with Gasteiger partial charge in [-0.05, 0) is 43.4 Å². The molecule has 1 N–H and O–H groups in total. The molecule has 2 saturated heterocycles. The van der Waals surface area contributed by atoms with Gasteiger partial charge >= 0.3 is 0 Å². The molecule has 0 spiro atoms. The van der Waals surface area contributed by atoms with Crippen LogP contribution in [0, 0.1) is 11.3 Å². The summed E-state index contributed by atoms with van der Waals surface area (Å²) < 4.78 is 29.9. The zero-order valence-corrected chi connectivity index (χ0v) is 13.3. The van der Waals surface area contributed by atoms with Crippen LogP contribution < -0.4 is 4.74 Å². The van der Waals surface area contributed by atoms with Crippen molar-refractivity contribution in [2.45, 2.75) is 48.2 Å². The first-order valence-corrected chi connectivity index (χ1v) is 9.05. The Hall–Kier alpha value is -1.58. The van der Waals surface area contributed by atoms with Crippen LogP contribution in [0.3, 0.4) is 0 Å². The lowest BCUT2D eigenvalue weighted by Crippen LogP contribution is -2.50. The first-order valence-electron chi connectivity index (χ1n) is 7.44. The molecule has 3 rings (SSSR count). The number of nitriles is 1. The maximum absolute atomic E-state index is 12.4. The maximum Gasteiger partial charge on any atom is 0.156 e. The predicted octanol–water partition coefficient (Wildman–Crippen LogP) is 1.88. The summed E-state index contributed by atoms with van der Waals surface area (Å²) >= 11 is 0. The van der Waals surface area contributed by atoms with E-state index in [1.807, 2.05) is 6.07 Å². The van der Waals surface area contributed by atoms with Crippen molar-refractivity contribution >= 4 is 9.84 Å². The normalized spacial score (nSPS) is 33.0. The largest absolute Gasteiger partial charge is 0.495 e. The molecule has 1 aromatic carbocycles. The van der Waals surface area contributed by atoms with Crippen LogP contribution in [-0.2, 0) is 15.4 Å². The van der Waals surface area contributed by atoms with Crippen LogP contribution in [0.4, 0.5) is 0 Å². The monoisotopic (exact) mass is 321 g/mol. The molecule has 0 aromatic heterocycles. The number of rotatable bonds is 2. The molecular formula is C16H19NO4S. The Morgan fingerprint density at radius 3 is 2.50 bits per heavy atom. The molecule has 0 amide bonds. The number of sulfone groups is 1. The Labute approximate surface area is 130 Å². The van der Waals surface area contributed by atoms with Gasteiger partial charge in [-0.3, -0.25) is 0 Å². The molecule has 5 nitrogen and oxygen atoms in total. The van der Waals surface area contributed by atoms with E-state index in [0.717, 1.165) is 6.42 Å². The molecule has 2 bridgehead atoms. The lowest BCUT2D eigenvalue weighted by molar-refractivity contribution is 0.00484. The first kappa shape index (κ1) is 15.3. The summed E-state index contributed by atoms with van der Waals surface area (Å²) in [5, 5.41) is 19.2. The molecule has 2 fully saturated rings. The van der Waals surface area contributed by atoms with Gasteiger partial charge in [0.15, 0.2) is 9.84 Å². The Bertz CT molecular complexity index is 715. The second-order valence-electron chi connectivity index (χ2n) is 6.23. The van der Waals surface area contributed by atoms with E-state index < -0.39 is 25.9 Å². The number of fused-ring (bicyclic) bond motifs is 2. The summed E-state index contributed by atoms with van der Waals surface area (Å²) in [6.07, 6.45) is 2.59. The minimum atomic E-state index is -3.12. The van der Waals surface area contributed by atoms with E-state index >= 15 is 0 Å². The molecule has 2 heterocycles. The van der Waals surface area contributed by atoms with Crippen LogP contribution in [-0.4, -0.2) is 31.1 Å². The Kier molecular flexibility index (Phi) is 3.66. The summed E-state index contributed by atoms with van der Waals surface area (Å²) in [5.74, 6) is 0.409. The van der Waals surface area contributed by atoms with Crippen LogP contribution in [0.15, 0.2) is 18.2 Å². The number of benzene rings is 1. The summed E-state index contributed by atoms with van der Waals surface area (Å²) in [6.45, 7) is 0. The van der Waals surface area contributed by atoms with Crippen LogP contribution in [0.5, 0.6) is 5.75 Å². The molecule has 2 unspecified atom stereocenters. The zero-order valence-electron chi connectivity index (χ0n) is 12.4. The molecule has 6 heteroatoms. The molecule has 2 atom stereocenters. The summed E-state index contributed by atoms with van der Waals surface area (Å²) in [6, 6.07) is 7.02. The Morgan fingerprint density at radius 1 is 1.32 bits per heavy atom. The van der Waals surface area contributed by atoms with Gasteiger partial charge < -0.3 is 9.84 Å². The van der Waals surface area contributed by atoms with E-state index in [4.69, 9.17) is 10.00 Å². The number of aliphatic hydroxyl groups is 1. The third-order valence-corrected chi connectivity index (χ3v) is 7.63. The predicted molar refractivity (Wildman–Crippen MR) is 81.2 cm³/mol. The molecule has 118 valence electrons. The molecule has 2 aliphatic rings. The van der Waals surface area contributed by atoms with E-state index in [-0.39, 0.29) is 12.8 Å². The van der Waals surface area contributed by atoms with E-state index in [2.05, 4.69) is 0 Å². The number of hydrogen-bond donors (Lipinski definition) is 1. The average Bonchev–Trinajstić information content (AvgIpc) is 2.48. The summed E-state index contributed by atoms with van der Waals surface area (Å²) in [4.78, 5) is 0. The maximum atomic E-state index is 12.4. The van der Waals surface area contributed by atoms with Crippen LogP contribution in [0.2, 0.25) is 0 Å². The van der Waals surface area contributed by atoms with Crippen molar-refractivity contribution in [1.29, 1.82) is 5.26 Å². The number of methoxy groups -OCH3 is 1. The van der Waals surface area contributed by atoms with Crippen LogP contribution in [0.1, 0.15) is 43.2 Å². The highest BCUT2D eigenvalue weighted by molar-refractivity contribution is 7.92. The minimum Gasteiger partial charge on any atom is -0.495 e. The third kappa shape index (κ3) is 2.29. The molecule has 0 radical (unpaired) electrons. The molecule has 2 aliphatic heterocycles. The van der Waals surface area contributed by atoms with Crippen molar-refractivity contribution in [3.63, 3.8) is 0 Å². The van der Waals surface area contributed by atoms with Gasteiger partial charge in [-0.2, -0.15) is 5.26 Å². The van der Waals surface area contributed by atoms with Crippen LogP contribution in [0.25, 0.3) is 0 Å². The molecule has 1 aromatic rings. The number of nitrogens with zero attached hydrogens (tertiary/aromatic N) is 1. The van der Waals surface area contributed by atoms with Crippen molar-refractivity contribution in [3.8, 4) is 11.8 Å². The second kappa shape index (κ2) is 5.25. The van der Waals surface area contributed by atoms with Crippen molar-refractivity contribution in [3.05, 3.63) is 29.3 Å². The van der Waals surface area contributed by atoms with Gasteiger partial charge in [0.2, 0.25) is 0 Å². The zero-order chi connectivity index (χ0) is 16.0. The average molecular weight is 321 g/mol. The Morgan fingerprint density at radius 2 is 1.95 bits per heavy atom. The van der Waals surface area contributed by atoms with Crippen LogP contribution >= 0.6 is 0 Å². The van der Waals surface area contributed by atoms with Crippen molar-refractivity contribution in [1.82, 2.24) is 0 Å². The molecule has 0 saturated carbocycles. The van der Waals surface area contributed by atoms with E-state index in [1.165, 1.54) is 7.11 Å². The van der Waals surface area contributed by atoms with Gasteiger partial charge in [0.05, 0.1) is 28.8 Å². The van der Waals surface area contributed by atoms with Crippen molar-refractivity contribution in [2.75, 3.05) is 7.11 Å². The molecule has 0 aliphatic carbocycles. The van der Waals surface area contributed by atoms with E-state index in [1.54, 1.807) is 18.2 Å². The highest BCUT2D eigenvalue weighted by Crippen LogP contribution is 2.46. The number of ether oxygens (including phenoxy) is 1. The lowest BCUT2D eigenvalue weighted by Gasteiger charge is -2.44. The third-order valence-electron chi connectivity index (χ3n) is 4.97. The van der Waals surface area contributed by atoms with E-state index in [0.29, 0.717) is 29.7 Å². The fraction of sp³-hybridized carbons (Fsp3) is 0.562.